The van der Waals surface area contributed by atoms with Gasteiger partial charge in [0.2, 0.25) is 0 Å². The van der Waals surface area contributed by atoms with Crippen LogP contribution in [0.3, 0.4) is 0 Å². The third-order valence-corrected chi connectivity index (χ3v) is 21.9. The molecule has 1 aliphatic heterocycles. The van der Waals surface area contributed by atoms with Crippen LogP contribution in [0.1, 0.15) is 22.3 Å². The number of anilines is 6. The van der Waals surface area contributed by atoms with Crippen LogP contribution in [0.5, 0.6) is 0 Å². The van der Waals surface area contributed by atoms with Crippen LogP contribution in [-0.2, 0) is 5.41 Å². The fourth-order valence-electron chi connectivity index (χ4n) is 13.6. The minimum Gasteiger partial charge on any atom is -0.311 e. The SMILES string of the molecule is c1ccc(N2c3ccccc3[Si](c3ccccc3)(c3ccccc3)c3ccc(-c4ccc(N(c5ccc(-c6cccc7ccccc67)cc5)c5cccc(C6(c7ccccc7)c7ccccc7-c7ccccc76)c5)cc4)cc32)cc1. The van der Waals surface area contributed by atoms with E-state index in [1.807, 2.05) is 0 Å². The first kappa shape index (κ1) is 47.2. The van der Waals surface area contributed by atoms with Crippen molar-refractivity contribution in [1.29, 1.82) is 0 Å². The zero-order valence-corrected chi connectivity index (χ0v) is 45.1. The minimum absolute atomic E-state index is 0.541. The third-order valence-electron chi connectivity index (χ3n) is 17.0. The molecular formula is C77H54N2Si. The molecule has 0 N–H and O–H groups in total. The molecule has 0 fully saturated rings. The number of nitrogens with zero attached hydrogens (tertiary/aromatic N) is 2. The lowest BCUT2D eigenvalue weighted by molar-refractivity contribution is 0.768. The summed E-state index contributed by atoms with van der Waals surface area (Å²) in [4.78, 5) is 4.94. The van der Waals surface area contributed by atoms with E-state index in [4.69, 9.17) is 0 Å². The van der Waals surface area contributed by atoms with Gasteiger partial charge in [0.15, 0.2) is 8.07 Å². The Hall–Kier alpha value is -10.1. The Morgan fingerprint density at radius 2 is 0.787 bits per heavy atom. The van der Waals surface area contributed by atoms with Gasteiger partial charge in [0.1, 0.15) is 0 Å². The summed E-state index contributed by atoms with van der Waals surface area (Å²) < 4.78 is 0. The topological polar surface area (TPSA) is 6.48 Å². The monoisotopic (exact) mass is 1030 g/mol. The highest BCUT2D eigenvalue weighted by atomic mass is 28.3. The molecule has 0 amide bonds. The number of hydrogen-bond acceptors (Lipinski definition) is 2. The molecule has 1 heterocycles. The zero-order chi connectivity index (χ0) is 53.0. The van der Waals surface area contributed by atoms with E-state index in [2.05, 4.69) is 337 Å². The van der Waals surface area contributed by atoms with Crippen molar-refractivity contribution in [2.24, 2.45) is 0 Å². The predicted octanol–water partition coefficient (Wildman–Crippen LogP) is 17.2. The maximum atomic E-state index is 2.50. The highest BCUT2D eigenvalue weighted by molar-refractivity contribution is 7.21. The maximum Gasteiger partial charge on any atom is 0.184 e. The molecule has 13 aromatic rings. The Morgan fingerprint density at radius 3 is 1.46 bits per heavy atom. The van der Waals surface area contributed by atoms with Crippen LogP contribution in [0.4, 0.5) is 34.1 Å². The first-order valence-electron chi connectivity index (χ1n) is 27.7. The van der Waals surface area contributed by atoms with Crippen LogP contribution >= 0.6 is 0 Å². The molecule has 0 bridgehead atoms. The van der Waals surface area contributed by atoms with Gasteiger partial charge in [0, 0.05) is 34.1 Å². The summed E-state index contributed by atoms with van der Waals surface area (Å²) in [6.07, 6.45) is 0. The predicted molar refractivity (Wildman–Crippen MR) is 339 cm³/mol. The number of rotatable bonds is 10. The van der Waals surface area contributed by atoms with E-state index in [-0.39, 0.29) is 0 Å². The van der Waals surface area contributed by atoms with E-state index in [9.17, 15) is 0 Å². The van der Waals surface area contributed by atoms with Crippen LogP contribution < -0.4 is 30.5 Å². The standard InChI is InChI=1S/C77H54N2Si/c1-5-25-59(26-6-1)77(71-39-17-15-36-69(71)70-37-16-18-40-72(70)77)60-27-22-30-64(54-60)78(63-50-45-57(46-51-63)68-38-21-24-56-23-13-14-35-67(56)68)62-48-43-55(44-49-62)58-47-52-76-74(53-58)79(61-28-7-2-8-29-61)73-41-19-20-42-75(73)80(76,65-31-9-3-10-32-65)66-33-11-4-12-34-66/h1-54H. The normalized spacial score (nSPS) is 13.4. The summed E-state index contributed by atoms with van der Waals surface area (Å²) >= 11 is 0. The van der Waals surface area contributed by atoms with Gasteiger partial charge in [0.05, 0.1) is 5.41 Å². The Kier molecular flexibility index (Phi) is 11.5. The molecule has 0 atom stereocenters. The van der Waals surface area contributed by atoms with Crippen LogP contribution in [0.15, 0.2) is 328 Å². The fourth-order valence-corrected chi connectivity index (χ4v) is 18.7. The van der Waals surface area contributed by atoms with Gasteiger partial charge < -0.3 is 9.80 Å². The highest BCUT2D eigenvalue weighted by Gasteiger charge is 2.49. The van der Waals surface area contributed by atoms with E-state index >= 15 is 0 Å². The summed E-state index contributed by atoms with van der Waals surface area (Å²) in [5, 5.41) is 7.98. The molecule has 3 heteroatoms. The molecule has 15 rings (SSSR count). The first-order valence-corrected chi connectivity index (χ1v) is 29.7. The van der Waals surface area contributed by atoms with Crippen LogP contribution in [0.25, 0.3) is 44.2 Å². The van der Waals surface area contributed by atoms with Crippen molar-refractivity contribution >= 4 is 73.7 Å². The molecule has 2 nitrogen and oxygen atoms in total. The summed E-state index contributed by atoms with van der Waals surface area (Å²) in [5.74, 6) is 0. The summed E-state index contributed by atoms with van der Waals surface area (Å²) in [6, 6.07) is 122. The van der Waals surface area contributed by atoms with Crippen molar-refractivity contribution < 1.29 is 0 Å². The Bertz CT molecular complexity index is 4310. The Morgan fingerprint density at radius 1 is 0.300 bits per heavy atom. The van der Waals surface area contributed by atoms with Crippen molar-refractivity contribution in [3.8, 4) is 33.4 Å². The van der Waals surface area contributed by atoms with E-state index in [1.165, 1.54) is 87.4 Å². The molecule has 2 aliphatic rings. The van der Waals surface area contributed by atoms with Crippen LogP contribution in [-0.4, -0.2) is 8.07 Å². The molecule has 80 heavy (non-hydrogen) atoms. The van der Waals surface area contributed by atoms with Crippen molar-refractivity contribution in [3.05, 3.63) is 350 Å². The molecule has 0 spiro atoms. The van der Waals surface area contributed by atoms with Gasteiger partial charge in [-0.15, -0.1) is 0 Å². The van der Waals surface area contributed by atoms with Gasteiger partial charge in [-0.1, -0.05) is 267 Å². The van der Waals surface area contributed by atoms with E-state index < -0.39 is 13.5 Å². The quantitative estimate of drug-likeness (QED) is 0.126. The van der Waals surface area contributed by atoms with Gasteiger partial charge in [0.25, 0.3) is 0 Å². The second-order valence-corrected chi connectivity index (χ2v) is 24.8. The second-order valence-electron chi connectivity index (χ2n) is 21.1. The van der Waals surface area contributed by atoms with E-state index in [0.717, 1.165) is 33.9 Å². The van der Waals surface area contributed by atoms with Crippen molar-refractivity contribution in [2.75, 3.05) is 9.80 Å². The number of benzene rings is 13. The van der Waals surface area contributed by atoms with Gasteiger partial charge >= 0.3 is 0 Å². The lowest BCUT2D eigenvalue weighted by Crippen LogP contribution is -2.77. The molecule has 0 saturated heterocycles. The number of para-hydroxylation sites is 2. The van der Waals surface area contributed by atoms with Crippen molar-refractivity contribution in [3.63, 3.8) is 0 Å². The summed E-state index contributed by atoms with van der Waals surface area (Å²) in [5.41, 5.74) is 18.6. The highest BCUT2D eigenvalue weighted by Crippen LogP contribution is 2.57. The fraction of sp³-hybridized carbons (Fsp3) is 0.0130. The molecule has 13 aromatic carbocycles. The lowest BCUT2D eigenvalue weighted by Gasteiger charge is -2.45. The Balaban J connectivity index is 0.900. The molecule has 1 aliphatic carbocycles. The van der Waals surface area contributed by atoms with Gasteiger partial charge in [-0.2, -0.15) is 0 Å². The second kappa shape index (κ2) is 19.4. The van der Waals surface area contributed by atoms with Gasteiger partial charge in [-0.05, 0) is 148 Å². The van der Waals surface area contributed by atoms with Gasteiger partial charge in [-0.25, -0.2) is 0 Å². The molecule has 0 radical (unpaired) electrons. The minimum atomic E-state index is -2.84. The lowest BCUT2D eigenvalue weighted by atomic mass is 9.67. The summed E-state index contributed by atoms with van der Waals surface area (Å²) in [6.45, 7) is 0. The van der Waals surface area contributed by atoms with Crippen molar-refractivity contribution in [2.45, 2.75) is 5.41 Å². The zero-order valence-electron chi connectivity index (χ0n) is 44.1. The van der Waals surface area contributed by atoms with E-state index in [1.54, 1.807) is 0 Å². The average Bonchev–Trinajstić information content (AvgIpc) is 3.82. The molecule has 376 valence electrons. The van der Waals surface area contributed by atoms with Gasteiger partial charge in [-0.3, -0.25) is 0 Å². The molecule has 0 unspecified atom stereocenters. The van der Waals surface area contributed by atoms with Crippen molar-refractivity contribution in [1.82, 2.24) is 0 Å². The third kappa shape index (κ3) is 7.39. The smallest absolute Gasteiger partial charge is 0.184 e. The average molecular weight is 1040 g/mol. The number of fused-ring (bicyclic) bond motifs is 6. The van der Waals surface area contributed by atoms with Crippen LogP contribution in [0.2, 0.25) is 0 Å². The van der Waals surface area contributed by atoms with E-state index in [0.29, 0.717) is 0 Å². The Labute approximate surface area is 469 Å². The summed E-state index contributed by atoms with van der Waals surface area (Å²) in [7, 11) is -2.84. The number of hydrogen-bond donors (Lipinski definition) is 0. The molecular weight excluding hydrogens is 981 g/mol. The molecule has 0 aromatic heterocycles. The largest absolute Gasteiger partial charge is 0.311 e. The first-order chi connectivity index (χ1) is 39.7. The molecule has 0 saturated carbocycles. The van der Waals surface area contributed by atoms with Crippen LogP contribution in [0, 0.1) is 0 Å². The maximum absolute atomic E-state index is 2.84.